The molecular weight excluding hydrogens is 258 g/mol. The van der Waals surface area contributed by atoms with Crippen LogP contribution in [0.3, 0.4) is 0 Å². The number of likely N-dealkylation sites (tertiary alicyclic amines) is 1. The van der Waals surface area contributed by atoms with Gasteiger partial charge in [0.1, 0.15) is 0 Å². The Morgan fingerprint density at radius 3 is 3.16 bits per heavy atom. The Morgan fingerprint density at radius 1 is 1.47 bits per heavy atom. The molecule has 102 valence electrons. The van der Waals surface area contributed by atoms with Crippen molar-refractivity contribution in [2.45, 2.75) is 31.5 Å². The minimum Gasteiger partial charge on any atom is -0.390 e. The van der Waals surface area contributed by atoms with E-state index in [1.807, 2.05) is 12.3 Å². The Bertz CT molecular complexity index is 483. The first-order chi connectivity index (χ1) is 9.33. The van der Waals surface area contributed by atoms with Crippen LogP contribution in [0.2, 0.25) is 0 Å². The van der Waals surface area contributed by atoms with Crippen LogP contribution in [0.15, 0.2) is 35.3 Å². The lowest BCUT2D eigenvalue weighted by Crippen LogP contribution is -2.34. The average Bonchev–Trinajstić information content (AvgIpc) is 3.09. The zero-order chi connectivity index (χ0) is 13.1. The molecule has 0 aromatic carbocycles. The zero-order valence-corrected chi connectivity index (χ0v) is 11.7. The summed E-state index contributed by atoms with van der Waals surface area (Å²) in [6.07, 6.45) is 5.69. The van der Waals surface area contributed by atoms with Crippen LogP contribution in [-0.2, 0) is 6.54 Å². The lowest BCUT2D eigenvalue weighted by atomic mass is 10.1. The fraction of sp³-hybridized carbons (Fsp3) is 0.500. The number of hydrogen-bond acceptors (Lipinski definition) is 4. The summed E-state index contributed by atoms with van der Waals surface area (Å²) in [6, 6.07) is 4.57. The van der Waals surface area contributed by atoms with Crippen LogP contribution >= 0.6 is 11.3 Å². The Labute approximate surface area is 117 Å². The zero-order valence-electron chi connectivity index (χ0n) is 10.9. The van der Waals surface area contributed by atoms with Gasteiger partial charge in [-0.1, -0.05) is 0 Å². The van der Waals surface area contributed by atoms with Crippen molar-refractivity contribution in [3.8, 4) is 0 Å². The SMILES string of the molecule is O[C@H](CN1CCC[C@H]1c1ccsc1)Cn1cccn1. The van der Waals surface area contributed by atoms with Gasteiger partial charge in [0.25, 0.3) is 0 Å². The van der Waals surface area contributed by atoms with E-state index >= 15 is 0 Å². The van der Waals surface area contributed by atoms with Crippen molar-refractivity contribution in [2.75, 3.05) is 13.1 Å². The van der Waals surface area contributed by atoms with E-state index in [1.165, 1.54) is 18.4 Å². The number of hydrogen-bond donors (Lipinski definition) is 1. The van der Waals surface area contributed by atoms with E-state index in [2.05, 4.69) is 26.8 Å². The van der Waals surface area contributed by atoms with Crippen molar-refractivity contribution in [1.82, 2.24) is 14.7 Å². The first-order valence-corrected chi connectivity index (χ1v) is 7.69. The molecule has 0 bridgehead atoms. The Morgan fingerprint density at radius 2 is 2.42 bits per heavy atom. The van der Waals surface area contributed by atoms with E-state index in [1.54, 1.807) is 22.2 Å². The summed E-state index contributed by atoms with van der Waals surface area (Å²) in [5.74, 6) is 0. The minimum atomic E-state index is -0.362. The van der Waals surface area contributed by atoms with Gasteiger partial charge in [-0.05, 0) is 47.8 Å². The van der Waals surface area contributed by atoms with Crippen LogP contribution in [0.4, 0.5) is 0 Å². The van der Waals surface area contributed by atoms with Gasteiger partial charge in [0.05, 0.1) is 12.6 Å². The standard InChI is InChI=1S/C14H19N3OS/c18-13(10-17-7-2-5-15-17)9-16-6-1-3-14(16)12-4-8-19-11-12/h2,4-5,7-8,11,13-14,18H,1,3,6,9-10H2/t13-,14+/m1/s1. The van der Waals surface area contributed by atoms with Gasteiger partial charge < -0.3 is 5.11 Å². The third kappa shape index (κ3) is 3.05. The van der Waals surface area contributed by atoms with E-state index in [0.717, 1.165) is 13.1 Å². The van der Waals surface area contributed by atoms with Gasteiger partial charge in [-0.15, -0.1) is 0 Å². The number of aromatic nitrogens is 2. The van der Waals surface area contributed by atoms with Crippen molar-refractivity contribution in [3.63, 3.8) is 0 Å². The molecule has 0 unspecified atom stereocenters. The smallest absolute Gasteiger partial charge is 0.0862 e. The van der Waals surface area contributed by atoms with Crippen molar-refractivity contribution in [2.24, 2.45) is 0 Å². The maximum absolute atomic E-state index is 10.2. The van der Waals surface area contributed by atoms with E-state index in [0.29, 0.717) is 12.6 Å². The molecule has 5 heteroatoms. The second-order valence-electron chi connectivity index (χ2n) is 5.09. The Balaban J connectivity index is 1.59. The number of aliphatic hydroxyl groups is 1. The van der Waals surface area contributed by atoms with Crippen molar-refractivity contribution in [1.29, 1.82) is 0 Å². The molecule has 2 aromatic rings. The van der Waals surface area contributed by atoms with Gasteiger partial charge >= 0.3 is 0 Å². The van der Waals surface area contributed by atoms with Gasteiger partial charge in [0.2, 0.25) is 0 Å². The summed E-state index contributed by atoms with van der Waals surface area (Å²) in [5, 5.41) is 18.7. The molecule has 19 heavy (non-hydrogen) atoms. The van der Waals surface area contributed by atoms with E-state index in [-0.39, 0.29) is 6.10 Å². The number of nitrogens with zero attached hydrogens (tertiary/aromatic N) is 3. The molecule has 0 spiro atoms. The lowest BCUT2D eigenvalue weighted by molar-refractivity contribution is 0.0891. The molecule has 4 nitrogen and oxygen atoms in total. The van der Waals surface area contributed by atoms with Gasteiger partial charge in [-0.3, -0.25) is 9.58 Å². The van der Waals surface area contributed by atoms with E-state index < -0.39 is 0 Å². The highest BCUT2D eigenvalue weighted by atomic mass is 32.1. The summed E-state index contributed by atoms with van der Waals surface area (Å²) in [5.41, 5.74) is 1.40. The van der Waals surface area contributed by atoms with Crippen molar-refractivity contribution < 1.29 is 5.11 Å². The molecule has 1 aliphatic heterocycles. The maximum atomic E-state index is 10.2. The number of thiophene rings is 1. The topological polar surface area (TPSA) is 41.3 Å². The van der Waals surface area contributed by atoms with Crippen LogP contribution in [0.1, 0.15) is 24.4 Å². The second kappa shape index (κ2) is 5.86. The predicted octanol–water partition coefficient (Wildman–Crippen LogP) is 2.14. The van der Waals surface area contributed by atoms with Crippen molar-refractivity contribution in [3.05, 3.63) is 40.8 Å². The Hall–Kier alpha value is -1.17. The van der Waals surface area contributed by atoms with Crippen molar-refractivity contribution >= 4 is 11.3 Å². The monoisotopic (exact) mass is 277 g/mol. The third-order valence-electron chi connectivity index (χ3n) is 3.69. The van der Waals surface area contributed by atoms with Gasteiger partial charge in [0.15, 0.2) is 0 Å². The molecule has 1 N–H and O–H groups in total. The molecule has 2 aromatic heterocycles. The molecule has 1 fully saturated rings. The summed E-state index contributed by atoms with van der Waals surface area (Å²) in [6.45, 7) is 2.37. The summed E-state index contributed by atoms with van der Waals surface area (Å²) >= 11 is 1.75. The van der Waals surface area contributed by atoms with Gasteiger partial charge in [-0.25, -0.2) is 0 Å². The van der Waals surface area contributed by atoms with Crippen LogP contribution in [-0.4, -0.2) is 39.0 Å². The number of aliphatic hydroxyl groups excluding tert-OH is 1. The third-order valence-corrected chi connectivity index (χ3v) is 4.40. The summed E-state index contributed by atoms with van der Waals surface area (Å²) < 4.78 is 1.79. The number of rotatable bonds is 5. The average molecular weight is 277 g/mol. The van der Waals surface area contributed by atoms with E-state index in [4.69, 9.17) is 0 Å². The largest absolute Gasteiger partial charge is 0.390 e. The minimum absolute atomic E-state index is 0.362. The van der Waals surface area contributed by atoms with Crippen LogP contribution in [0.25, 0.3) is 0 Å². The van der Waals surface area contributed by atoms with Crippen LogP contribution in [0.5, 0.6) is 0 Å². The van der Waals surface area contributed by atoms with Gasteiger partial charge in [-0.2, -0.15) is 16.4 Å². The molecule has 3 rings (SSSR count). The molecule has 1 aliphatic rings. The molecule has 0 aliphatic carbocycles. The first-order valence-electron chi connectivity index (χ1n) is 6.74. The maximum Gasteiger partial charge on any atom is 0.0862 e. The fourth-order valence-electron chi connectivity index (χ4n) is 2.84. The molecule has 0 saturated carbocycles. The van der Waals surface area contributed by atoms with Gasteiger partial charge in [0, 0.05) is 25.0 Å². The molecule has 3 heterocycles. The van der Waals surface area contributed by atoms with Crippen LogP contribution in [0, 0.1) is 0 Å². The van der Waals surface area contributed by atoms with E-state index in [9.17, 15) is 5.11 Å². The van der Waals surface area contributed by atoms with Crippen LogP contribution < -0.4 is 0 Å². The second-order valence-corrected chi connectivity index (χ2v) is 5.87. The first kappa shape index (κ1) is 12.8. The highest BCUT2D eigenvalue weighted by Crippen LogP contribution is 2.32. The highest BCUT2D eigenvalue weighted by Gasteiger charge is 2.27. The number of β-amino-alcohol motifs (C(OH)–C–C–N with tert-alkyl or cyclic N) is 1. The molecular formula is C14H19N3OS. The molecule has 0 amide bonds. The normalized spacial score (nSPS) is 21.8. The Kier molecular flexibility index (Phi) is 3.96. The molecule has 2 atom stereocenters. The highest BCUT2D eigenvalue weighted by molar-refractivity contribution is 7.07. The molecule has 0 radical (unpaired) electrons. The summed E-state index contributed by atoms with van der Waals surface area (Å²) in [7, 11) is 0. The molecule has 1 saturated heterocycles. The summed E-state index contributed by atoms with van der Waals surface area (Å²) in [4.78, 5) is 2.40. The fourth-order valence-corrected chi connectivity index (χ4v) is 3.55. The lowest BCUT2D eigenvalue weighted by Gasteiger charge is -2.26. The predicted molar refractivity (Wildman–Crippen MR) is 76.1 cm³/mol. The quantitative estimate of drug-likeness (QED) is 0.910.